The molecule has 0 aliphatic rings. The summed E-state index contributed by atoms with van der Waals surface area (Å²) in [5.74, 6) is 6.83. The maximum Gasteiger partial charge on any atom is 0.185 e. The lowest BCUT2D eigenvalue weighted by Crippen LogP contribution is -1.84. The summed E-state index contributed by atoms with van der Waals surface area (Å²) in [5, 5.41) is 0.147. The zero-order chi connectivity index (χ0) is 11.1. The molecule has 0 bridgehead atoms. The molecule has 0 saturated carbocycles. The van der Waals surface area contributed by atoms with E-state index in [4.69, 9.17) is 0 Å². The van der Waals surface area contributed by atoms with Gasteiger partial charge in [0.25, 0.3) is 0 Å². The Labute approximate surface area is 100 Å². The van der Waals surface area contributed by atoms with Crippen molar-refractivity contribution in [1.29, 1.82) is 0 Å². The summed E-state index contributed by atoms with van der Waals surface area (Å²) in [4.78, 5) is 11.5. The summed E-state index contributed by atoms with van der Waals surface area (Å²) in [6, 6.07) is 7.72. The van der Waals surface area contributed by atoms with Crippen LogP contribution in [0.3, 0.4) is 0 Å². The van der Waals surface area contributed by atoms with E-state index in [1.54, 1.807) is 6.92 Å². The van der Waals surface area contributed by atoms with Crippen molar-refractivity contribution in [3.8, 4) is 11.8 Å². The van der Waals surface area contributed by atoms with E-state index in [9.17, 15) is 4.79 Å². The average Bonchev–Trinajstić information content (AvgIpc) is 2.17. The molecule has 0 unspecified atom stereocenters. The molecule has 0 radical (unpaired) electrons. The molecular weight excluding hydrogens is 224 g/mol. The molecule has 1 rings (SSSR count). The second kappa shape index (κ2) is 6.60. The maximum absolute atomic E-state index is 10.6. The molecule has 0 atom stereocenters. The van der Waals surface area contributed by atoms with Crippen molar-refractivity contribution in [1.82, 2.24) is 0 Å². The summed E-state index contributed by atoms with van der Waals surface area (Å²) >= 11 is 5.54. The summed E-state index contributed by atoms with van der Waals surface area (Å²) in [5.41, 5.74) is 0.968. The van der Waals surface area contributed by atoms with Crippen LogP contribution in [0.4, 0.5) is 0 Å². The van der Waals surface area contributed by atoms with Crippen LogP contribution in [0.25, 0.3) is 0 Å². The number of benzene rings is 1. The van der Waals surface area contributed by atoms with Crippen molar-refractivity contribution in [3.63, 3.8) is 0 Å². The molecule has 0 heterocycles. The van der Waals surface area contributed by atoms with Gasteiger partial charge in [-0.1, -0.05) is 29.7 Å². The Morgan fingerprint density at radius 3 is 3.00 bits per heavy atom. The summed E-state index contributed by atoms with van der Waals surface area (Å²) < 4.78 is 0. The Balaban J connectivity index is 2.41. The van der Waals surface area contributed by atoms with Gasteiger partial charge in [0.1, 0.15) is 0 Å². The molecule has 0 amide bonds. The van der Waals surface area contributed by atoms with Crippen molar-refractivity contribution in [2.45, 2.75) is 18.2 Å². The average molecular weight is 236 g/mol. The molecule has 1 aromatic rings. The first kappa shape index (κ1) is 12.2. The van der Waals surface area contributed by atoms with Gasteiger partial charge in [-0.15, -0.1) is 12.6 Å². The summed E-state index contributed by atoms with van der Waals surface area (Å²) in [6.07, 6.45) is 0.737. The number of thiol groups is 1. The van der Waals surface area contributed by atoms with Crippen molar-refractivity contribution in [3.05, 3.63) is 29.8 Å². The van der Waals surface area contributed by atoms with Crippen molar-refractivity contribution in [2.24, 2.45) is 0 Å². The zero-order valence-corrected chi connectivity index (χ0v) is 10.2. The molecule has 0 fully saturated rings. The highest BCUT2D eigenvalue weighted by atomic mass is 32.2. The smallest absolute Gasteiger partial charge is 0.185 e. The first-order chi connectivity index (χ1) is 7.18. The quantitative estimate of drug-likeness (QED) is 0.483. The molecule has 78 valence electrons. The number of hydrogen-bond acceptors (Lipinski definition) is 3. The third-order valence-corrected chi connectivity index (χ3v) is 2.70. The fourth-order valence-corrected chi connectivity index (χ4v) is 1.71. The van der Waals surface area contributed by atoms with Crippen LogP contribution in [0.1, 0.15) is 18.9 Å². The Hall–Kier alpha value is -0.850. The number of rotatable bonds is 2. The van der Waals surface area contributed by atoms with E-state index in [0.29, 0.717) is 0 Å². The monoisotopic (exact) mass is 236 g/mol. The van der Waals surface area contributed by atoms with Crippen LogP contribution in [0.2, 0.25) is 0 Å². The van der Waals surface area contributed by atoms with Crippen LogP contribution < -0.4 is 0 Å². The molecular formula is C12H12OS2. The Kier molecular flexibility index (Phi) is 5.38. The van der Waals surface area contributed by atoms with E-state index in [-0.39, 0.29) is 5.12 Å². The molecule has 0 aliphatic heterocycles. The third-order valence-electron chi connectivity index (χ3n) is 1.61. The van der Waals surface area contributed by atoms with Crippen LogP contribution in [0, 0.1) is 11.8 Å². The van der Waals surface area contributed by atoms with Crippen molar-refractivity contribution < 1.29 is 4.79 Å². The van der Waals surface area contributed by atoms with Crippen LogP contribution in [0.15, 0.2) is 29.2 Å². The fourth-order valence-electron chi connectivity index (χ4n) is 0.994. The van der Waals surface area contributed by atoms with Gasteiger partial charge in [-0.3, -0.25) is 4.79 Å². The van der Waals surface area contributed by atoms with Crippen molar-refractivity contribution in [2.75, 3.05) is 5.75 Å². The van der Waals surface area contributed by atoms with Gasteiger partial charge in [0, 0.05) is 29.6 Å². The molecule has 0 aliphatic carbocycles. The minimum absolute atomic E-state index is 0.147. The molecule has 15 heavy (non-hydrogen) atoms. The second-order valence-corrected chi connectivity index (χ2v) is 4.73. The highest BCUT2D eigenvalue weighted by molar-refractivity contribution is 8.13. The van der Waals surface area contributed by atoms with E-state index in [1.165, 1.54) is 11.8 Å². The van der Waals surface area contributed by atoms with Gasteiger partial charge in [0.05, 0.1) is 0 Å². The Morgan fingerprint density at radius 1 is 1.53 bits per heavy atom. The van der Waals surface area contributed by atoms with E-state index in [0.717, 1.165) is 22.6 Å². The van der Waals surface area contributed by atoms with Crippen LogP contribution in [0.5, 0.6) is 0 Å². The lowest BCUT2D eigenvalue weighted by molar-refractivity contribution is -0.109. The minimum atomic E-state index is 0.147. The third kappa shape index (κ3) is 5.56. The number of thioether (sulfide) groups is 1. The molecule has 0 spiro atoms. The number of carbonyl (C=O) groups excluding carboxylic acids is 1. The van der Waals surface area contributed by atoms with Gasteiger partial charge in [0.15, 0.2) is 5.12 Å². The number of hydrogen-bond donors (Lipinski definition) is 1. The van der Waals surface area contributed by atoms with Gasteiger partial charge < -0.3 is 0 Å². The van der Waals surface area contributed by atoms with E-state index in [2.05, 4.69) is 24.5 Å². The standard InChI is InChI=1S/C12H12OS2/c1-10(13)15-8-3-2-5-11-6-4-7-12(14)9-11/h4,6-7,9,14H,3,8H2,1H3. The van der Waals surface area contributed by atoms with Gasteiger partial charge in [0.2, 0.25) is 0 Å². The molecule has 1 aromatic carbocycles. The van der Waals surface area contributed by atoms with Crippen LogP contribution in [-0.2, 0) is 4.79 Å². The summed E-state index contributed by atoms with van der Waals surface area (Å²) in [7, 11) is 0. The second-order valence-electron chi connectivity index (χ2n) is 2.94. The first-order valence-electron chi connectivity index (χ1n) is 4.60. The van der Waals surface area contributed by atoms with Gasteiger partial charge in [-0.05, 0) is 18.2 Å². The Morgan fingerprint density at radius 2 is 2.33 bits per heavy atom. The normalized spacial score (nSPS) is 9.20. The van der Waals surface area contributed by atoms with Gasteiger partial charge >= 0.3 is 0 Å². The lowest BCUT2D eigenvalue weighted by atomic mass is 10.2. The van der Waals surface area contributed by atoms with E-state index >= 15 is 0 Å². The molecule has 0 N–H and O–H groups in total. The van der Waals surface area contributed by atoms with E-state index in [1.807, 2.05) is 24.3 Å². The largest absolute Gasteiger partial charge is 0.288 e. The predicted octanol–water partition coefficient (Wildman–Crippen LogP) is 3.00. The summed E-state index contributed by atoms with van der Waals surface area (Å²) in [6.45, 7) is 1.57. The SMILES string of the molecule is CC(=O)SCCC#Cc1cccc(S)c1. The fraction of sp³-hybridized carbons (Fsp3) is 0.250. The minimum Gasteiger partial charge on any atom is -0.288 e. The first-order valence-corrected chi connectivity index (χ1v) is 6.03. The Bertz CT molecular complexity index is 402. The maximum atomic E-state index is 10.6. The number of carbonyl (C=O) groups is 1. The topological polar surface area (TPSA) is 17.1 Å². The highest BCUT2D eigenvalue weighted by Crippen LogP contribution is 2.07. The molecule has 3 heteroatoms. The van der Waals surface area contributed by atoms with E-state index < -0.39 is 0 Å². The predicted molar refractivity (Wildman–Crippen MR) is 68.3 cm³/mol. The zero-order valence-electron chi connectivity index (χ0n) is 8.49. The highest BCUT2D eigenvalue weighted by Gasteiger charge is 1.91. The lowest BCUT2D eigenvalue weighted by Gasteiger charge is -1.92. The molecule has 0 saturated heterocycles. The molecule has 0 aromatic heterocycles. The van der Waals surface area contributed by atoms with Crippen molar-refractivity contribution >= 4 is 29.5 Å². The van der Waals surface area contributed by atoms with Gasteiger partial charge in [-0.25, -0.2) is 0 Å². The van der Waals surface area contributed by atoms with Crippen LogP contribution >= 0.6 is 24.4 Å². The van der Waals surface area contributed by atoms with Gasteiger partial charge in [-0.2, -0.15) is 0 Å². The molecule has 1 nitrogen and oxygen atoms in total. The van der Waals surface area contributed by atoms with Crippen LogP contribution in [-0.4, -0.2) is 10.9 Å².